The lowest BCUT2D eigenvalue weighted by Crippen LogP contribution is -2.39. The minimum atomic E-state index is 0.434. The van der Waals surface area contributed by atoms with Gasteiger partial charge in [0, 0.05) is 6.04 Å². The summed E-state index contributed by atoms with van der Waals surface area (Å²) in [6.45, 7) is 0.808. The summed E-state index contributed by atoms with van der Waals surface area (Å²) in [5, 5.41) is 0. The van der Waals surface area contributed by atoms with Gasteiger partial charge in [0.15, 0.2) is 0 Å². The van der Waals surface area contributed by atoms with Crippen molar-refractivity contribution in [2.45, 2.75) is 25.3 Å². The summed E-state index contributed by atoms with van der Waals surface area (Å²) < 4.78 is 0. The molecule has 0 aliphatic heterocycles. The van der Waals surface area contributed by atoms with Crippen LogP contribution in [0.25, 0.3) is 0 Å². The molecule has 0 aromatic heterocycles. The van der Waals surface area contributed by atoms with Crippen LogP contribution in [0.5, 0.6) is 0 Å². The normalized spacial score (nSPS) is 52.2. The van der Waals surface area contributed by atoms with Crippen LogP contribution in [-0.4, -0.2) is 12.6 Å². The fraction of sp³-hybridized carbons (Fsp3) is 1.00. The van der Waals surface area contributed by atoms with Crippen molar-refractivity contribution in [3.8, 4) is 0 Å². The monoisotopic (exact) mass is 140 g/mol. The maximum Gasteiger partial charge on any atom is 0.0110 e. The van der Waals surface area contributed by atoms with E-state index in [9.17, 15) is 0 Å². The van der Waals surface area contributed by atoms with Gasteiger partial charge in [-0.1, -0.05) is 0 Å². The Kier molecular flexibility index (Phi) is 1.46. The summed E-state index contributed by atoms with van der Waals surface area (Å²) in [7, 11) is 0. The fourth-order valence-corrected chi connectivity index (χ4v) is 2.80. The largest absolute Gasteiger partial charge is 0.330 e. The topological polar surface area (TPSA) is 52.0 Å². The molecule has 0 aromatic carbocycles. The van der Waals surface area contributed by atoms with Crippen LogP contribution in [0, 0.1) is 17.8 Å². The second-order valence-corrected chi connectivity index (χ2v) is 3.81. The summed E-state index contributed by atoms with van der Waals surface area (Å²) in [4.78, 5) is 0. The van der Waals surface area contributed by atoms with Gasteiger partial charge in [0.05, 0.1) is 0 Å². The van der Waals surface area contributed by atoms with Crippen molar-refractivity contribution in [2.75, 3.05) is 6.54 Å². The third-order valence-corrected chi connectivity index (χ3v) is 3.43. The number of nitrogens with two attached hydrogens (primary N) is 2. The van der Waals surface area contributed by atoms with Crippen molar-refractivity contribution in [1.82, 2.24) is 0 Å². The molecule has 0 radical (unpaired) electrons. The van der Waals surface area contributed by atoms with E-state index in [0.717, 1.165) is 18.4 Å². The first-order chi connectivity index (χ1) is 4.83. The Balaban J connectivity index is 2.10. The average Bonchev–Trinajstić information content (AvgIpc) is 2.46. The second-order valence-electron chi connectivity index (χ2n) is 3.81. The maximum absolute atomic E-state index is 5.99. The molecule has 2 aliphatic carbocycles. The lowest BCUT2D eigenvalue weighted by molar-refractivity contribution is 0.296. The maximum atomic E-state index is 5.99. The van der Waals surface area contributed by atoms with Crippen LogP contribution < -0.4 is 11.5 Å². The van der Waals surface area contributed by atoms with Crippen molar-refractivity contribution in [3.05, 3.63) is 0 Å². The van der Waals surface area contributed by atoms with E-state index >= 15 is 0 Å². The van der Waals surface area contributed by atoms with E-state index in [-0.39, 0.29) is 0 Å². The molecule has 2 aliphatic rings. The predicted molar refractivity (Wildman–Crippen MR) is 41.4 cm³/mol. The van der Waals surface area contributed by atoms with Crippen LogP contribution in [-0.2, 0) is 0 Å². The molecule has 2 bridgehead atoms. The molecule has 0 unspecified atom stereocenters. The summed E-state index contributed by atoms with van der Waals surface area (Å²) in [6, 6.07) is 0.434. The molecular weight excluding hydrogens is 124 g/mol. The van der Waals surface area contributed by atoms with Gasteiger partial charge in [0.25, 0.3) is 0 Å². The fourth-order valence-electron chi connectivity index (χ4n) is 2.80. The van der Waals surface area contributed by atoms with Gasteiger partial charge in [-0.15, -0.1) is 0 Å². The third kappa shape index (κ3) is 0.722. The molecule has 2 heteroatoms. The van der Waals surface area contributed by atoms with E-state index in [4.69, 9.17) is 11.5 Å². The molecule has 0 saturated heterocycles. The van der Waals surface area contributed by atoms with Crippen LogP contribution in [0.15, 0.2) is 0 Å². The summed E-state index contributed by atoms with van der Waals surface area (Å²) >= 11 is 0. The van der Waals surface area contributed by atoms with Crippen molar-refractivity contribution < 1.29 is 0 Å². The van der Waals surface area contributed by atoms with Crippen LogP contribution in [0.3, 0.4) is 0 Å². The highest BCUT2D eigenvalue weighted by atomic mass is 14.8. The van der Waals surface area contributed by atoms with E-state index in [0.29, 0.717) is 12.0 Å². The lowest BCUT2D eigenvalue weighted by atomic mass is 9.85. The molecule has 2 rings (SSSR count). The Morgan fingerprint density at radius 1 is 1.20 bits per heavy atom. The van der Waals surface area contributed by atoms with Gasteiger partial charge in [-0.25, -0.2) is 0 Å². The van der Waals surface area contributed by atoms with Crippen molar-refractivity contribution in [3.63, 3.8) is 0 Å². The first kappa shape index (κ1) is 6.62. The van der Waals surface area contributed by atoms with Crippen molar-refractivity contribution in [1.29, 1.82) is 0 Å². The Labute approximate surface area is 62.0 Å². The Morgan fingerprint density at radius 3 is 2.30 bits per heavy atom. The summed E-state index contributed by atoms with van der Waals surface area (Å²) in [5.74, 6) is 2.35. The average molecular weight is 140 g/mol. The predicted octanol–water partition coefficient (Wildman–Crippen LogP) is 0.319. The summed E-state index contributed by atoms with van der Waals surface area (Å²) in [6.07, 6.45) is 4.12. The summed E-state index contributed by atoms with van der Waals surface area (Å²) in [5.41, 5.74) is 11.6. The molecule has 0 spiro atoms. The molecule has 4 N–H and O–H groups in total. The van der Waals surface area contributed by atoms with Gasteiger partial charge < -0.3 is 11.5 Å². The molecule has 0 aromatic rings. The first-order valence-corrected chi connectivity index (χ1v) is 4.28. The third-order valence-electron chi connectivity index (χ3n) is 3.43. The van der Waals surface area contributed by atoms with Gasteiger partial charge in [0.2, 0.25) is 0 Å². The molecule has 58 valence electrons. The molecule has 0 heterocycles. The molecule has 2 saturated carbocycles. The van der Waals surface area contributed by atoms with E-state index < -0.39 is 0 Å². The SMILES string of the molecule is NC[C@@H]1[C@H]2CC[C@H](C2)[C@@H]1N. The smallest absolute Gasteiger partial charge is 0.0110 e. The Hall–Kier alpha value is -0.0800. The molecule has 2 nitrogen and oxygen atoms in total. The van der Waals surface area contributed by atoms with Gasteiger partial charge >= 0.3 is 0 Å². The highest BCUT2D eigenvalue weighted by Crippen LogP contribution is 2.46. The van der Waals surface area contributed by atoms with E-state index in [1.807, 2.05) is 0 Å². The van der Waals surface area contributed by atoms with Crippen molar-refractivity contribution in [2.24, 2.45) is 29.2 Å². The second kappa shape index (κ2) is 2.21. The van der Waals surface area contributed by atoms with Crippen LogP contribution in [0.4, 0.5) is 0 Å². The number of hydrogen-bond acceptors (Lipinski definition) is 2. The van der Waals surface area contributed by atoms with Gasteiger partial charge in [-0.05, 0) is 43.6 Å². The van der Waals surface area contributed by atoms with Gasteiger partial charge in [-0.2, -0.15) is 0 Å². The van der Waals surface area contributed by atoms with E-state index in [1.54, 1.807) is 0 Å². The Morgan fingerprint density at radius 2 is 1.90 bits per heavy atom. The zero-order valence-corrected chi connectivity index (χ0v) is 6.29. The lowest BCUT2D eigenvalue weighted by Gasteiger charge is -2.26. The van der Waals surface area contributed by atoms with E-state index in [2.05, 4.69) is 0 Å². The van der Waals surface area contributed by atoms with Gasteiger partial charge in [-0.3, -0.25) is 0 Å². The highest BCUT2D eigenvalue weighted by molar-refractivity contribution is 4.98. The molecule has 0 amide bonds. The highest BCUT2D eigenvalue weighted by Gasteiger charge is 2.44. The number of rotatable bonds is 1. The minimum absolute atomic E-state index is 0.434. The molecule has 4 atom stereocenters. The Bertz CT molecular complexity index is 133. The molecule has 10 heavy (non-hydrogen) atoms. The minimum Gasteiger partial charge on any atom is -0.330 e. The zero-order valence-electron chi connectivity index (χ0n) is 6.29. The molecule has 2 fully saturated rings. The van der Waals surface area contributed by atoms with Crippen LogP contribution in [0.2, 0.25) is 0 Å². The standard InChI is InChI=1S/C8H16N2/c9-4-7-5-1-2-6(3-5)8(7)10/h5-8H,1-4,9-10H2/t5-,6+,7+,8-/m0/s1. The number of hydrogen-bond donors (Lipinski definition) is 2. The quantitative estimate of drug-likeness (QED) is 0.551. The zero-order chi connectivity index (χ0) is 7.14. The van der Waals surface area contributed by atoms with Crippen LogP contribution >= 0.6 is 0 Å². The molecular formula is C8H16N2. The van der Waals surface area contributed by atoms with Crippen LogP contribution in [0.1, 0.15) is 19.3 Å². The van der Waals surface area contributed by atoms with Crippen molar-refractivity contribution >= 4 is 0 Å². The number of fused-ring (bicyclic) bond motifs is 2. The first-order valence-electron chi connectivity index (χ1n) is 4.28. The van der Waals surface area contributed by atoms with E-state index in [1.165, 1.54) is 19.3 Å². The van der Waals surface area contributed by atoms with Gasteiger partial charge in [0.1, 0.15) is 0 Å².